The Balaban J connectivity index is 1.28. The number of rotatable bonds is 8. The number of hydrogen-bond donors (Lipinski definition) is 0. The van der Waals surface area contributed by atoms with Gasteiger partial charge in [-0.15, -0.1) is 21.5 Å². The van der Waals surface area contributed by atoms with Crippen LogP contribution in [0.1, 0.15) is 32.0 Å². The summed E-state index contributed by atoms with van der Waals surface area (Å²) in [5, 5.41) is 10.7. The summed E-state index contributed by atoms with van der Waals surface area (Å²) < 4.78 is 9.71. The Morgan fingerprint density at radius 2 is 1.97 bits per heavy atom. The van der Waals surface area contributed by atoms with Gasteiger partial charge in [-0.25, -0.2) is 0 Å². The zero-order chi connectivity index (χ0) is 24.4. The fourth-order valence-corrected chi connectivity index (χ4v) is 5.48. The predicted molar refractivity (Wildman–Crippen MR) is 138 cm³/mol. The van der Waals surface area contributed by atoms with E-state index in [0.29, 0.717) is 43.0 Å². The monoisotopic (exact) mass is 494 g/mol. The molecule has 0 saturated carbocycles. The first-order valence-corrected chi connectivity index (χ1v) is 13.0. The smallest absolute Gasteiger partial charge is 0.272 e. The summed E-state index contributed by atoms with van der Waals surface area (Å²) in [6.45, 7) is 5.65. The molecule has 0 aliphatic carbocycles. The van der Waals surface area contributed by atoms with E-state index in [1.165, 1.54) is 11.3 Å². The Kier molecular flexibility index (Phi) is 6.72. The van der Waals surface area contributed by atoms with E-state index in [-0.39, 0.29) is 11.5 Å². The van der Waals surface area contributed by atoms with Crippen molar-refractivity contribution in [2.45, 2.75) is 39.2 Å². The van der Waals surface area contributed by atoms with E-state index in [1.807, 2.05) is 38.9 Å². The summed E-state index contributed by atoms with van der Waals surface area (Å²) >= 11 is 1.44. The number of unbranched alkanes of at least 4 members (excludes halogenated alkanes) is 1. The van der Waals surface area contributed by atoms with Gasteiger partial charge in [-0.2, -0.15) is 0 Å². The Bertz CT molecular complexity index is 1400. The summed E-state index contributed by atoms with van der Waals surface area (Å²) in [6.07, 6.45) is 2.73. The average molecular weight is 495 g/mol. The zero-order valence-corrected chi connectivity index (χ0v) is 21.0. The number of anilines is 1. The quantitative estimate of drug-likeness (QED) is 0.374. The molecule has 10 heteroatoms. The van der Waals surface area contributed by atoms with Crippen LogP contribution in [-0.4, -0.2) is 63.3 Å². The summed E-state index contributed by atoms with van der Waals surface area (Å²) in [5.41, 5.74) is 1.92. The molecule has 0 bridgehead atoms. The number of piperazine rings is 1. The molecule has 0 unspecified atom stereocenters. The number of nitrogens with zero attached hydrogens (tertiary/aromatic N) is 6. The number of amides is 1. The topological polar surface area (TPSA) is 85.0 Å². The number of methoxy groups -OCH3 is 1. The van der Waals surface area contributed by atoms with Crippen molar-refractivity contribution in [1.29, 1.82) is 0 Å². The molecular formula is C25H30N6O3S. The van der Waals surface area contributed by atoms with Crippen molar-refractivity contribution in [1.82, 2.24) is 24.1 Å². The number of ether oxygens (including phenoxy) is 1. The van der Waals surface area contributed by atoms with Gasteiger partial charge in [-0.3, -0.25) is 18.6 Å². The number of hydrogen-bond acceptors (Lipinski definition) is 7. The van der Waals surface area contributed by atoms with E-state index in [1.54, 1.807) is 11.7 Å². The maximum absolute atomic E-state index is 13.0. The van der Waals surface area contributed by atoms with Crippen molar-refractivity contribution >= 4 is 38.9 Å². The second-order valence-corrected chi connectivity index (χ2v) is 9.68. The molecule has 0 N–H and O–H groups in total. The first kappa shape index (κ1) is 23.3. The minimum absolute atomic E-state index is 0.0140. The molecule has 5 rings (SSSR count). The third kappa shape index (κ3) is 4.50. The van der Waals surface area contributed by atoms with Gasteiger partial charge in [0.1, 0.15) is 16.3 Å². The summed E-state index contributed by atoms with van der Waals surface area (Å²) in [5.74, 6) is 2.23. The van der Waals surface area contributed by atoms with Gasteiger partial charge in [0.2, 0.25) is 11.7 Å². The van der Waals surface area contributed by atoms with E-state index in [9.17, 15) is 9.59 Å². The minimum atomic E-state index is -0.0140. The Hall–Kier alpha value is -3.40. The number of aromatic nitrogens is 4. The van der Waals surface area contributed by atoms with Gasteiger partial charge in [-0.1, -0.05) is 19.4 Å². The second kappa shape index (κ2) is 10.1. The van der Waals surface area contributed by atoms with Crippen LogP contribution in [0.2, 0.25) is 0 Å². The molecule has 3 aromatic heterocycles. The highest BCUT2D eigenvalue weighted by Gasteiger charge is 2.23. The molecule has 4 aromatic rings. The third-order valence-electron chi connectivity index (χ3n) is 6.63. The largest absolute Gasteiger partial charge is 0.497 e. The number of benzene rings is 1. The van der Waals surface area contributed by atoms with Crippen LogP contribution in [0.3, 0.4) is 0 Å². The van der Waals surface area contributed by atoms with Crippen LogP contribution in [-0.2, 0) is 17.8 Å². The first-order chi connectivity index (χ1) is 17.1. The molecule has 0 atom stereocenters. The van der Waals surface area contributed by atoms with Gasteiger partial charge in [0.25, 0.3) is 5.56 Å². The lowest BCUT2D eigenvalue weighted by Gasteiger charge is -2.36. The van der Waals surface area contributed by atoms with Crippen LogP contribution < -0.4 is 15.2 Å². The molecule has 1 saturated heterocycles. The molecule has 0 spiro atoms. The van der Waals surface area contributed by atoms with Gasteiger partial charge in [-0.05, 0) is 30.0 Å². The highest BCUT2D eigenvalue weighted by Crippen LogP contribution is 2.23. The number of fused-ring (bicyclic) bond motifs is 3. The van der Waals surface area contributed by atoms with E-state index in [4.69, 9.17) is 4.74 Å². The number of carbonyl (C=O) groups excluding carboxylic acids is 1. The molecule has 1 aromatic carbocycles. The van der Waals surface area contributed by atoms with Gasteiger partial charge in [0, 0.05) is 57.3 Å². The average Bonchev–Trinajstić information content (AvgIpc) is 3.55. The normalized spacial score (nSPS) is 14.2. The van der Waals surface area contributed by atoms with E-state index in [2.05, 4.69) is 28.1 Å². The lowest BCUT2D eigenvalue weighted by molar-refractivity contribution is -0.131. The summed E-state index contributed by atoms with van der Waals surface area (Å²) in [7, 11) is 1.67. The maximum atomic E-state index is 13.0. The fraction of sp³-hybridized carbons (Fsp3) is 0.440. The molecule has 35 heavy (non-hydrogen) atoms. The molecule has 1 amide bonds. The van der Waals surface area contributed by atoms with Crippen molar-refractivity contribution in [2.24, 2.45) is 0 Å². The Morgan fingerprint density at radius 1 is 1.14 bits per heavy atom. The maximum Gasteiger partial charge on any atom is 0.272 e. The van der Waals surface area contributed by atoms with Gasteiger partial charge in [0.05, 0.1) is 12.6 Å². The summed E-state index contributed by atoms with van der Waals surface area (Å²) in [4.78, 5) is 30.2. The fourth-order valence-electron chi connectivity index (χ4n) is 4.66. The highest BCUT2D eigenvalue weighted by molar-refractivity contribution is 7.17. The SMILES string of the molecule is CCCCn1c(=O)c2sccc2n2c(CCC(=O)N3CCN(c4cccc(OC)c4)CC3)nnc12. The molecule has 184 valence electrons. The third-order valence-corrected chi connectivity index (χ3v) is 7.52. The Morgan fingerprint density at radius 3 is 2.74 bits per heavy atom. The molecule has 0 radical (unpaired) electrons. The van der Waals surface area contributed by atoms with Crippen LogP contribution in [0.4, 0.5) is 5.69 Å². The number of carbonyl (C=O) groups is 1. The van der Waals surface area contributed by atoms with Crippen LogP contribution in [0, 0.1) is 0 Å². The lowest BCUT2D eigenvalue weighted by Crippen LogP contribution is -2.48. The molecule has 4 heterocycles. The van der Waals surface area contributed by atoms with Crippen molar-refractivity contribution in [3.63, 3.8) is 0 Å². The highest BCUT2D eigenvalue weighted by atomic mass is 32.1. The Labute approximate surface area is 207 Å². The molecule has 1 aliphatic rings. The first-order valence-electron chi connectivity index (χ1n) is 12.1. The number of thiophene rings is 1. The molecule has 1 aliphatic heterocycles. The van der Waals surface area contributed by atoms with E-state index < -0.39 is 0 Å². The van der Waals surface area contributed by atoms with Gasteiger partial charge >= 0.3 is 0 Å². The zero-order valence-electron chi connectivity index (χ0n) is 20.1. The van der Waals surface area contributed by atoms with E-state index in [0.717, 1.165) is 48.7 Å². The number of aryl methyl sites for hydroxylation is 2. The van der Waals surface area contributed by atoms with Crippen LogP contribution >= 0.6 is 11.3 Å². The predicted octanol–water partition coefficient (Wildman–Crippen LogP) is 3.20. The molecule has 9 nitrogen and oxygen atoms in total. The minimum Gasteiger partial charge on any atom is -0.497 e. The summed E-state index contributed by atoms with van der Waals surface area (Å²) in [6, 6.07) is 9.96. The standard InChI is InChI=1S/C25H30N6O3S/c1-3-4-11-30-24(33)23-20(10-16-35-23)31-21(26-27-25(30)31)8-9-22(32)29-14-12-28(13-15-29)18-6-5-7-19(17-18)34-2/h5-7,10,16-17H,3-4,8-9,11-15H2,1-2H3. The van der Waals surface area contributed by atoms with Crippen LogP contribution in [0.25, 0.3) is 16.0 Å². The van der Waals surface area contributed by atoms with Crippen molar-refractivity contribution in [3.05, 3.63) is 51.9 Å². The second-order valence-electron chi connectivity index (χ2n) is 8.77. The van der Waals surface area contributed by atoms with E-state index >= 15 is 0 Å². The van der Waals surface area contributed by atoms with Crippen molar-refractivity contribution in [2.75, 3.05) is 38.2 Å². The van der Waals surface area contributed by atoms with Gasteiger partial charge in [0.15, 0.2) is 0 Å². The lowest BCUT2D eigenvalue weighted by atomic mass is 10.2. The molecular weight excluding hydrogens is 464 g/mol. The molecule has 1 fully saturated rings. The van der Waals surface area contributed by atoms with Crippen molar-refractivity contribution in [3.8, 4) is 5.75 Å². The van der Waals surface area contributed by atoms with Crippen LogP contribution in [0.15, 0.2) is 40.5 Å². The van der Waals surface area contributed by atoms with Crippen LogP contribution in [0.5, 0.6) is 5.75 Å². The van der Waals surface area contributed by atoms with Crippen molar-refractivity contribution < 1.29 is 9.53 Å². The van der Waals surface area contributed by atoms with Gasteiger partial charge < -0.3 is 14.5 Å².